The van der Waals surface area contributed by atoms with Crippen LogP contribution >= 0.6 is 0 Å². The van der Waals surface area contributed by atoms with Crippen molar-refractivity contribution in [1.82, 2.24) is 5.32 Å². The molecule has 5 nitrogen and oxygen atoms in total. The Morgan fingerprint density at radius 3 is 2.28 bits per heavy atom. The van der Waals surface area contributed by atoms with Gasteiger partial charge in [0.25, 0.3) is 5.91 Å². The van der Waals surface area contributed by atoms with Crippen LogP contribution in [0.3, 0.4) is 0 Å². The molecule has 2 rings (SSSR count). The van der Waals surface area contributed by atoms with E-state index in [0.717, 1.165) is 5.75 Å². The molecular formula is C20H25NO4. The quantitative estimate of drug-likeness (QED) is 0.744. The largest absolute Gasteiger partial charge is 0.493 e. The molecule has 0 unspecified atom stereocenters. The summed E-state index contributed by atoms with van der Waals surface area (Å²) in [5.74, 6) is 2.23. The summed E-state index contributed by atoms with van der Waals surface area (Å²) in [6.07, 6.45) is 0. The third kappa shape index (κ3) is 5.14. The van der Waals surface area contributed by atoms with Crippen LogP contribution in [0.1, 0.15) is 35.7 Å². The lowest BCUT2D eigenvalue weighted by molar-refractivity contribution is 0.0946. The standard InChI is InChI=1S/C20H25NO4/c1-14(2)15-5-8-17(9-6-15)25-12-11-21-20(22)16-7-10-18(23-3)19(13-16)24-4/h5-10,13-14H,11-12H2,1-4H3,(H,21,22). The van der Waals surface area contributed by atoms with Gasteiger partial charge in [0.1, 0.15) is 12.4 Å². The van der Waals surface area contributed by atoms with Crippen LogP contribution in [-0.4, -0.2) is 33.3 Å². The fraction of sp³-hybridized carbons (Fsp3) is 0.350. The molecule has 0 heterocycles. The van der Waals surface area contributed by atoms with Crippen LogP contribution in [0.25, 0.3) is 0 Å². The van der Waals surface area contributed by atoms with Gasteiger partial charge in [-0.15, -0.1) is 0 Å². The minimum Gasteiger partial charge on any atom is -0.493 e. The monoisotopic (exact) mass is 343 g/mol. The smallest absolute Gasteiger partial charge is 0.251 e. The van der Waals surface area contributed by atoms with Gasteiger partial charge >= 0.3 is 0 Å². The highest BCUT2D eigenvalue weighted by atomic mass is 16.5. The number of rotatable bonds is 8. The minimum absolute atomic E-state index is 0.181. The van der Waals surface area contributed by atoms with Crippen molar-refractivity contribution in [2.45, 2.75) is 19.8 Å². The van der Waals surface area contributed by atoms with E-state index in [0.29, 0.717) is 36.1 Å². The molecule has 0 spiro atoms. The van der Waals surface area contributed by atoms with Crippen molar-refractivity contribution >= 4 is 5.91 Å². The molecule has 0 saturated heterocycles. The molecule has 0 atom stereocenters. The van der Waals surface area contributed by atoms with Gasteiger partial charge in [0.05, 0.1) is 20.8 Å². The fourth-order valence-electron chi connectivity index (χ4n) is 2.36. The Hall–Kier alpha value is -2.69. The van der Waals surface area contributed by atoms with Gasteiger partial charge in [0.2, 0.25) is 0 Å². The van der Waals surface area contributed by atoms with E-state index in [2.05, 4.69) is 31.3 Å². The maximum atomic E-state index is 12.2. The van der Waals surface area contributed by atoms with Crippen LogP contribution in [0.5, 0.6) is 17.2 Å². The molecule has 0 aromatic heterocycles. The van der Waals surface area contributed by atoms with E-state index in [1.54, 1.807) is 25.3 Å². The lowest BCUT2D eigenvalue weighted by atomic mass is 10.0. The van der Waals surface area contributed by atoms with Gasteiger partial charge < -0.3 is 19.5 Å². The van der Waals surface area contributed by atoms with E-state index in [9.17, 15) is 4.79 Å². The summed E-state index contributed by atoms with van der Waals surface area (Å²) >= 11 is 0. The van der Waals surface area contributed by atoms with Crippen molar-refractivity contribution in [2.75, 3.05) is 27.4 Å². The maximum Gasteiger partial charge on any atom is 0.251 e. The van der Waals surface area contributed by atoms with Crippen molar-refractivity contribution in [1.29, 1.82) is 0 Å². The second kappa shape index (κ2) is 8.97. The number of nitrogens with one attached hydrogen (secondary N) is 1. The van der Waals surface area contributed by atoms with Gasteiger partial charge in [0, 0.05) is 5.56 Å². The predicted octanol–water partition coefficient (Wildman–Crippen LogP) is 3.64. The van der Waals surface area contributed by atoms with Gasteiger partial charge in [-0.2, -0.15) is 0 Å². The summed E-state index contributed by atoms with van der Waals surface area (Å²) in [7, 11) is 3.10. The molecular weight excluding hydrogens is 318 g/mol. The van der Waals surface area contributed by atoms with E-state index in [1.165, 1.54) is 12.7 Å². The van der Waals surface area contributed by atoms with Crippen molar-refractivity contribution < 1.29 is 19.0 Å². The molecule has 5 heteroatoms. The topological polar surface area (TPSA) is 56.8 Å². The second-order valence-electron chi connectivity index (χ2n) is 5.90. The lowest BCUT2D eigenvalue weighted by Gasteiger charge is -2.11. The number of ether oxygens (including phenoxy) is 3. The Morgan fingerprint density at radius 2 is 1.68 bits per heavy atom. The number of carbonyl (C=O) groups excluding carboxylic acids is 1. The van der Waals surface area contributed by atoms with Crippen molar-refractivity contribution in [3.05, 3.63) is 53.6 Å². The number of methoxy groups -OCH3 is 2. The molecule has 0 bridgehead atoms. The summed E-state index contributed by atoms with van der Waals surface area (Å²) < 4.78 is 16.0. The SMILES string of the molecule is COc1ccc(C(=O)NCCOc2ccc(C(C)C)cc2)cc1OC. The number of hydrogen-bond donors (Lipinski definition) is 1. The van der Waals surface area contributed by atoms with Crippen molar-refractivity contribution in [2.24, 2.45) is 0 Å². The molecule has 25 heavy (non-hydrogen) atoms. The molecule has 0 fully saturated rings. The van der Waals surface area contributed by atoms with Crippen molar-refractivity contribution in [3.63, 3.8) is 0 Å². The van der Waals surface area contributed by atoms with Gasteiger partial charge in [-0.05, 0) is 41.8 Å². The summed E-state index contributed by atoms with van der Waals surface area (Å²) in [6, 6.07) is 13.1. The normalized spacial score (nSPS) is 10.4. The Morgan fingerprint density at radius 1 is 1.00 bits per heavy atom. The number of benzene rings is 2. The summed E-state index contributed by atoms with van der Waals surface area (Å²) in [6.45, 7) is 5.12. The average Bonchev–Trinajstić information content (AvgIpc) is 2.64. The highest BCUT2D eigenvalue weighted by molar-refractivity contribution is 5.94. The van der Waals surface area contributed by atoms with E-state index in [-0.39, 0.29) is 5.91 Å². The highest BCUT2D eigenvalue weighted by Gasteiger charge is 2.10. The van der Waals surface area contributed by atoms with Crippen LogP contribution in [0.15, 0.2) is 42.5 Å². The lowest BCUT2D eigenvalue weighted by Crippen LogP contribution is -2.28. The Balaban J connectivity index is 1.82. The molecule has 2 aromatic carbocycles. The van der Waals surface area contributed by atoms with Crippen LogP contribution in [0.2, 0.25) is 0 Å². The summed E-state index contributed by atoms with van der Waals surface area (Å²) in [4.78, 5) is 12.2. The van der Waals surface area contributed by atoms with E-state index < -0.39 is 0 Å². The molecule has 0 saturated carbocycles. The maximum absolute atomic E-state index is 12.2. The van der Waals surface area contributed by atoms with E-state index in [1.807, 2.05) is 12.1 Å². The zero-order chi connectivity index (χ0) is 18.2. The highest BCUT2D eigenvalue weighted by Crippen LogP contribution is 2.27. The fourth-order valence-corrected chi connectivity index (χ4v) is 2.36. The Labute approximate surface area is 148 Å². The molecule has 2 aromatic rings. The third-order valence-corrected chi connectivity index (χ3v) is 3.85. The molecule has 0 radical (unpaired) electrons. The average molecular weight is 343 g/mol. The zero-order valence-corrected chi connectivity index (χ0v) is 15.2. The number of hydrogen-bond acceptors (Lipinski definition) is 4. The van der Waals surface area contributed by atoms with Crippen LogP contribution in [0, 0.1) is 0 Å². The Bertz CT molecular complexity index is 695. The molecule has 0 aliphatic carbocycles. The summed E-state index contributed by atoms with van der Waals surface area (Å²) in [5, 5.41) is 2.83. The first-order chi connectivity index (χ1) is 12.0. The van der Waals surface area contributed by atoms with E-state index in [4.69, 9.17) is 14.2 Å². The number of amides is 1. The number of carbonyl (C=O) groups is 1. The second-order valence-corrected chi connectivity index (χ2v) is 5.90. The molecule has 134 valence electrons. The molecule has 1 N–H and O–H groups in total. The first kappa shape index (κ1) is 18.6. The minimum atomic E-state index is -0.181. The van der Waals surface area contributed by atoms with Gasteiger partial charge in [-0.1, -0.05) is 26.0 Å². The zero-order valence-electron chi connectivity index (χ0n) is 15.2. The van der Waals surface area contributed by atoms with Crippen LogP contribution < -0.4 is 19.5 Å². The van der Waals surface area contributed by atoms with E-state index >= 15 is 0 Å². The van der Waals surface area contributed by atoms with Crippen LogP contribution in [-0.2, 0) is 0 Å². The van der Waals surface area contributed by atoms with Crippen molar-refractivity contribution in [3.8, 4) is 17.2 Å². The summed E-state index contributed by atoms with van der Waals surface area (Å²) in [5.41, 5.74) is 1.79. The first-order valence-corrected chi connectivity index (χ1v) is 8.28. The predicted molar refractivity (Wildman–Crippen MR) is 97.9 cm³/mol. The first-order valence-electron chi connectivity index (χ1n) is 8.28. The third-order valence-electron chi connectivity index (χ3n) is 3.85. The Kier molecular flexibility index (Phi) is 6.69. The molecule has 1 amide bonds. The van der Waals surface area contributed by atoms with Gasteiger partial charge in [-0.25, -0.2) is 0 Å². The van der Waals surface area contributed by atoms with Gasteiger partial charge in [-0.3, -0.25) is 4.79 Å². The van der Waals surface area contributed by atoms with Gasteiger partial charge in [0.15, 0.2) is 11.5 Å². The van der Waals surface area contributed by atoms with Crippen LogP contribution in [0.4, 0.5) is 0 Å². The molecule has 0 aliphatic rings. The molecule has 0 aliphatic heterocycles.